The van der Waals surface area contributed by atoms with E-state index in [1.54, 1.807) is 31.4 Å². The smallest absolute Gasteiger partial charge is 0.256 e. The number of carbonyl (C=O) groups excluding carboxylic acids is 1. The van der Waals surface area contributed by atoms with Crippen LogP contribution < -0.4 is 15.8 Å². The second-order valence-electron chi connectivity index (χ2n) is 4.66. The lowest BCUT2D eigenvalue weighted by Crippen LogP contribution is -2.12. The van der Waals surface area contributed by atoms with Gasteiger partial charge in [-0.3, -0.25) is 4.79 Å². The third-order valence-corrected chi connectivity index (χ3v) is 3.33. The first-order valence-corrected chi connectivity index (χ1v) is 6.50. The number of H-pyrrole nitrogens is 1. The summed E-state index contributed by atoms with van der Waals surface area (Å²) in [7, 11) is 1.55. The number of ether oxygens (including phenoxy) is 1. The lowest BCUT2D eigenvalue weighted by Gasteiger charge is -2.09. The van der Waals surface area contributed by atoms with Gasteiger partial charge in [-0.15, -0.1) is 0 Å². The van der Waals surface area contributed by atoms with Crippen LogP contribution in [0.25, 0.3) is 10.9 Å². The molecule has 0 aliphatic rings. The van der Waals surface area contributed by atoms with Crippen LogP contribution in [0.4, 0.5) is 11.4 Å². The van der Waals surface area contributed by atoms with Crippen LogP contribution in [0.1, 0.15) is 10.4 Å². The van der Waals surface area contributed by atoms with Gasteiger partial charge in [-0.1, -0.05) is 6.07 Å². The van der Waals surface area contributed by atoms with E-state index in [4.69, 9.17) is 10.5 Å². The average Bonchev–Trinajstić information content (AvgIpc) is 2.95. The summed E-state index contributed by atoms with van der Waals surface area (Å²) in [5, 5.41) is 3.73. The fourth-order valence-corrected chi connectivity index (χ4v) is 2.29. The zero-order valence-corrected chi connectivity index (χ0v) is 11.5. The van der Waals surface area contributed by atoms with E-state index in [2.05, 4.69) is 10.3 Å². The van der Waals surface area contributed by atoms with Crippen LogP contribution in [-0.4, -0.2) is 18.0 Å². The van der Waals surface area contributed by atoms with Gasteiger partial charge in [0.15, 0.2) is 0 Å². The summed E-state index contributed by atoms with van der Waals surface area (Å²) >= 11 is 0. The van der Waals surface area contributed by atoms with Crippen molar-refractivity contribution in [1.29, 1.82) is 0 Å². The molecule has 4 N–H and O–H groups in total. The maximum atomic E-state index is 12.4. The zero-order valence-electron chi connectivity index (χ0n) is 11.5. The van der Waals surface area contributed by atoms with Gasteiger partial charge in [0.05, 0.1) is 12.8 Å². The number of hydrogen-bond donors (Lipinski definition) is 3. The standard InChI is InChI=1S/C16H15N3O2/c1-21-15-6-5-10(9-13(15)17)19-16(20)12-3-2-4-14-11(12)7-8-18-14/h2-9,18H,17H2,1H3,(H,19,20). The predicted octanol–water partition coefficient (Wildman–Crippen LogP) is 3.01. The molecule has 5 nitrogen and oxygen atoms in total. The third-order valence-electron chi connectivity index (χ3n) is 3.33. The Hall–Kier alpha value is -2.95. The minimum Gasteiger partial charge on any atom is -0.495 e. The summed E-state index contributed by atoms with van der Waals surface area (Å²) < 4.78 is 5.09. The first kappa shape index (κ1) is 13.1. The highest BCUT2D eigenvalue weighted by atomic mass is 16.5. The van der Waals surface area contributed by atoms with E-state index >= 15 is 0 Å². The Morgan fingerprint density at radius 3 is 2.86 bits per heavy atom. The van der Waals surface area contributed by atoms with Crippen LogP contribution in [0.3, 0.4) is 0 Å². The van der Waals surface area contributed by atoms with Gasteiger partial charge >= 0.3 is 0 Å². The van der Waals surface area contributed by atoms with Crippen molar-refractivity contribution < 1.29 is 9.53 Å². The molecule has 0 aliphatic carbocycles. The molecular weight excluding hydrogens is 266 g/mol. The molecule has 2 aromatic carbocycles. The van der Waals surface area contributed by atoms with Gasteiger partial charge in [-0.25, -0.2) is 0 Å². The van der Waals surface area contributed by atoms with E-state index in [-0.39, 0.29) is 5.91 Å². The van der Waals surface area contributed by atoms with Crippen LogP contribution >= 0.6 is 0 Å². The number of hydrogen-bond acceptors (Lipinski definition) is 3. The lowest BCUT2D eigenvalue weighted by atomic mass is 10.1. The Labute approximate surface area is 121 Å². The molecule has 0 saturated carbocycles. The molecule has 0 bridgehead atoms. The SMILES string of the molecule is COc1ccc(NC(=O)c2cccc3[nH]ccc23)cc1N. The third kappa shape index (κ3) is 2.41. The quantitative estimate of drug-likeness (QED) is 0.645. The number of amides is 1. The van der Waals surface area contributed by atoms with Crippen molar-refractivity contribution in [3.63, 3.8) is 0 Å². The number of nitrogens with one attached hydrogen (secondary N) is 2. The highest BCUT2D eigenvalue weighted by molar-refractivity contribution is 6.12. The average molecular weight is 281 g/mol. The van der Waals surface area contributed by atoms with Gasteiger partial charge < -0.3 is 20.8 Å². The fraction of sp³-hybridized carbons (Fsp3) is 0.0625. The van der Waals surface area contributed by atoms with Gasteiger partial charge in [0.25, 0.3) is 5.91 Å². The monoisotopic (exact) mass is 281 g/mol. The van der Waals surface area contributed by atoms with E-state index < -0.39 is 0 Å². The maximum absolute atomic E-state index is 12.4. The minimum absolute atomic E-state index is 0.176. The number of nitrogens with two attached hydrogens (primary N) is 1. The summed E-state index contributed by atoms with van der Waals surface area (Å²) in [4.78, 5) is 15.5. The van der Waals surface area contributed by atoms with Crippen molar-refractivity contribution in [3.8, 4) is 5.75 Å². The van der Waals surface area contributed by atoms with Gasteiger partial charge in [-0.2, -0.15) is 0 Å². The molecule has 1 aromatic heterocycles. The van der Waals surface area contributed by atoms with E-state index in [9.17, 15) is 4.79 Å². The maximum Gasteiger partial charge on any atom is 0.256 e. The Morgan fingerprint density at radius 2 is 2.10 bits per heavy atom. The number of benzene rings is 2. The molecule has 3 aromatic rings. The molecule has 0 aliphatic heterocycles. The molecule has 0 saturated heterocycles. The Balaban J connectivity index is 1.89. The first-order chi connectivity index (χ1) is 10.2. The Bertz CT molecular complexity index is 808. The summed E-state index contributed by atoms with van der Waals surface area (Å²) in [6, 6.07) is 12.6. The molecule has 21 heavy (non-hydrogen) atoms. The molecule has 1 amide bonds. The van der Waals surface area contributed by atoms with E-state index in [1.165, 1.54) is 0 Å². The summed E-state index contributed by atoms with van der Waals surface area (Å²) in [6.07, 6.45) is 1.81. The summed E-state index contributed by atoms with van der Waals surface area (Å²) in [6.45, 7) is 0. The number of fused-ring (bicyclic) bond motifs is 1. The van der Waals surface area contributed by atoms with Crippen LogP contribution in [0.5, 0.6) is 5.75 Å². The number of carbonyl (C=O) groups is 1. The van der Waals surface area contributed by atoms with Crippen molar-refractivity contribution in [2.24, 2.45) is 0 Å². The van der Waals surface area contributed by atoms with Crippen molar-refractivity contribution >= 4 is 28.2 Å². The predicted molar refractivity (Wildman–Crippen MR) is 83.7 cm³/mol. The second-order valence-corrected chi connectivity index (χ2v) is 4.66. The second kappa shape index (κ2) is 5.20. The first-order valence-electron chi connectivity index (χ1n) is 6.50. The number of anilines is 2. The number of aromatic amines is 1. The van der Waals surface area contributed by atoms with Gasteiger partial charge in [-0.05, 0) is 36.4 Å². The van der Waals surface area contributed by atoms with Crippen molar-refractivity contribution in [3.05, 3.63) is 54.2 Å². The van der Waals surface area contributed by atoms with E-state index in [1.807, 2.05) is 24.4 Å². The highest BCUT2D eigenvalue weighted by Gasteiger charge is 2.11. The van der Waals surface area contributed by atoms with Gasteiger partial charge in [0.1, 0.15) is 5.75 Å². The number of nitrogen functional groups attached to an aromatic ring is 1. The van der Waals surface area contributed by atoms with Gasteiger partial charge in [0.2, 0.25) is 0 Å². The minimum atomic E-state index is -0.176. The Kier molecular flexibility index (Phi) is 3.23. The molecule has 0 fully saturated rings. The van der Waals surface area contributed by atoms with Crippen molar-refractivity contribution in [2.75, 3.05) is 18.2 Å². The summed E-state index contributed by atoms with van der Waals surface area (Å²) in [5.74, 6) is 0.408. The van der Waals surface area contributed by atoms with Crippen LogP contribution in [-0.2, 0) is 0 Å². The molecule has 5 heteroatoms. The molecule has 0 unspecified atom stereocenters. The Morgan fingerprint density at radius 1 is 1.24 bits per heavy atom. The highest BCUT2D eigenvalue weighted by Crippen LogP contribution is 2.25. The van der Waals surface area contributed by atoms with E-state index in [0.717, 1.165) is 10.9 Å². The molecule has 0 radical (unpaired) electrons. The van der Waals surface area contributed by atoms with Crippen LogP contribution in [0.15, 0.2) is 48.7 Å². The molecule has 1 heterocycles. The number of rotatable bonds is 3. The molecule has 0 atom stereocenters. The number of methoxy groups -OCH3 is 1. The molecular formula is C16H15N3O2. The van der Waals surface area contributed by atoms with Crippen LogP contribution in [0, 0.1) is 0 Å². The summed E-state index contributed by atoms with van der Waals surface area (Å²) in [5.41, 5.74) is 8.49. The van der Waals surface area contributed by atoms with Crippen molar-refractivity contribution in [2.45, 2.75) is 0 Å². The van der Waals surface area contributed by atoms with E-state index in [0.29, 0.717) is 22.7 Å². The largest absolute Gasteiger partial charge is 0.495 e. The topological polar surface area (TPSA) is 80.1 Å². The normalized spacial score (nSPS) is 10.5. The fourth-order valence-electron chi connectivity index (χ4n) is 2.29. The molecule has 3 rings (SSSR count). The van der Waals surface area contributed by atoms with Crippen molar-refractivity contribution in [1.82, 2.24) is 4.98 Å². The van der Waals surface area contributed by atoms with Gasteiger partial charge in [0, 0.05) is 28.4 Å². The lowest BCUT2D eigenvalue weighted by molar-refractivity contribution is 0.102. The van der Waals surface area contributed by atoms with Crippen LogP contribution in [0.2, 0.25) is 0 Å². The number of aromatic nitrogens is 1. The molecule has 0 spiro atoms. The zero-order chi connectivity index (χ0) is 14.8. The molecule has 106 valence electrons.